The van der Waals surface area contributed by atoms with Crippen LogP contribution in [0.25, 0.3) is 0 Å². The third-order valence-corrected chi connectivity index (χ3v) is 4.61. The molecule has 0 N–H and O–H groups in total. The van der Waals surface area contributed by atoms with Crippen LogP contribution in [0.5, 0.6) is 0 Å². The van der Waals surface area contributed by atoms with Gasteiger partial charge in [0, 0.05) is 13.2 Å². The van der Waals surface area contributed by atoms with Crippen LogP contribution >= 0.6 is 0 Å². The summed E-state index contributed by atoms with van der Waals surface area (Å²) in [6, 6.07) is 0. The van der Waals surface area contributed by atoms with Gasteiger partial charge in [-0.15, -0.1) is 0 Å². The van der Waals surface area contributed by atoms with Crippen molar-refractivity contribution in [1.29, 1.82) is 0 Å². The molecule has 2 aliphatic heterocycles. The van der Waals surface area contributed by atoms with Crippen LogP contribution < -0.4 is 0 Å². The highest BCUT2D eigenvalue weighted by Gasteiger charge is 2.43. The fourth-order valence-corrected chi connectivity index (χ4v) is 3.54. The van der Waals surface area contributed by atoms with E-state index in [-0.39, 0.29) is 35.2 Å². The first-order valence-electron chi connectivity index (χ1n) is 8.58. The van der Waals surface area contributed by atoms with Gasteiger partial charge in [-0.3, -0.25) is 0 Å². The van der Waals surface area contributed by atoms with Gasteiger partial charge < -0.3 is 14.2 Å². The third kappa shape index (κ3) is 4.43. The molecule has 4 atom stereocenters. The number of rotatable bonds is 4. The van der Waals surface area contributed by atoms with Crippen molar-refractivity contribution >= 4 is 0 Å². The Balaban J connectivity index is 2.14. The first-order chi connectivity index (χ1) is 9.69. The van der Waals surface area contributed by atoms with E-state index in [1.54, 1.807) is 0 Å². The highest BCUT2D eigenvalue weighted by atomic mass is 16.6. The summed E-state index contributed by atoms with van der Waals surface area (Å²) in [6.45, 7) is 15.3. The first-order valence-corrected chi connectivity index (χ1v) is 8.58. The summed E-state index contributed by atoms with van der Waals surface area (Å²) >= 11 is 0. The highest BCUT2D eigenvalue weighted by Crippen LogP contribution is 2.38. The summed E-state index contributed by atoms with van der Waals surface area (Å²) in [5, 5.41) is 0. The van der Waals surface area contributed by atoms with E-state index in [2.05, 4.69) is 41.5 Å². The molecule has 0 bridgehead atoms. The Morgan fingerprint density at radius 1 is 0.762 bits per heavy atom. The fourth-order valence-electron chi connectivity index (χ4n) is 3.54. The van der Waals surface area contributed by atoms with Gasteiger partial charge in [-0.1, -0.05) is 41.5 Å². The third-order valence-electron chi connectivity index (χ3n) is 4.61. The molecule has 2 heterocycles. The summed E-state index contributed by atoms with van der Waals surface area (Å²) in [4.78, 5) is 0. The van der Waals surface area contributed by atoms with Gasteiger partial charge in [-0.2, -0.15) is 0 Å². The normalized spacial score (nSPS) is 30.6. The number of ether oxygens (including phenoxy) is 3. The van der Waals surface area contributed by atoms with E-state index < -0.39 is 0 Å². The summed E-state index contributed by atoms with van der Waals surface area (Å²) in [5.41, 5.74) is 0.161. The molecule has 4 unspecified atom stereocenters. The lowest BCUT2D eigenvalue weighted by molar-refractivity contribution is -0.185. The smallest absolute Gasteiger partial charge is 0.0890 e. The minimum Gasteiger partial charge on any atom is -0.375 e. The standard InChI is InChI=1S/C18H34O3/c1-17(2,3)15(13-9-7-11-19-13)21-16(18(4,5)6)14-10-8-12-20-14/h13-16H,7-12H2,1-6H3. The van der Waals surface area contributed by atoms with E-state index in [1.807, 2.05) is 0 Å². The van der Waals surface area contributed by atoms with Crippen LogP contribution in [0.1, 0.15) is 67.2 Å². The summed E-state index contributed by atoms with van der Waals surface area (Å²) in [6.07, 6.45) is 5.27. The van der Waals surface area contributed by atoms with Gasteiger partial charge in [-0.25, -0.2) is 0 Å². The first kappa shape index (κ1) is 17.2. The maximum atomic E-state index is 6.70. The molecule has 3 heteroatoms. The zero-order valence-corrected chi connectivity index (χ0v) is 14.8. The Morgan fingerprint density at radius 3 is 1.38 bits per heavy atom. The van der Waals surface area contributed by atoms with E-state index in [9.17, 15) is 0 Å². The lowest BCUT2D eigenvalue weighted by Gasteiger charge is -2.43. The molecule has 0 amide bonds. The highest BCUT2D eigenvalue weighted by molar-refractivity contribution is 4.91. The van der Waals surface area contributed by atoms with Crippen LogP contribution in [0.3, 0.4) is 0 Å². The van der Waals surface area contributed by atoms with E-state index >= 15 is 0 Å². The van der Waals surface area contributed by atoms with Gasteiger partial charge in [0.2, 0.25) is 0 Å². The van der Waals surface area contributed by atoms with Crippen molar-refractivity contribution in [3.05, 3.63) is 0 Å². The molecule has 0 aromatic carbocycles. The molecule has 0 aromatic rings. The second-order valence-electron chi connectivity index (χ2n) is 8.81. The Morgan fingerprint density at radius 2 is 1.14 bits per heavy atom. The van der Waals surface area contributed by atoms with Crippen molar-refractivity contribution < 1.29 is 14.2 Å². The molecule has 3 nitrogen and oxygen atoms in total. The summed E-state index contributed by atoms with van der Waals surface area (Å²) < 4.78 is 18.6. The zero-order chi connectivity index (χ0) is 15.7. The lowest BCUT2D eigenvalue weighted by Crippen LogP contribution is -2.49. The van der Waals surface area contributed by atoms with Gasteiger partial charge in [0.15, 0.2) is 0 Å². The number of hydrogen-bond acceptors (Lipinski definition) is 3. The quantitative estimate of drug-likeness (QED) is 0.779. The van der Waals surface area contributed by atoms with Gasteiger partial charge in [-0.05, 0) is 36.5 Å². The van der Waals surface area contributed by atoms with Crippen molar-refractivity contribution in [1.82, 2.24) is 0 Å². The molecule has 0 spiro atoms. The van der Waals surface area contributed by atoms with E-state index in [1.165, 1.54) is 0 Å². The van der Waals surface area contributed by atoms with Crippen molar-refractivity contribution in [3.63, 3.8) is 0 Å². The summed E-state index contributed by atoms with van der Waals surface area (Å²) in [5.74, 6) is 0. The van der Waals surface area contributed by atoms with Crippen LogP contribution in [0.15, 0.2) is 0 Å². The topological polar surface area (TPSA) is 27.7 Å². The molecule has 0 aliphatic carbocycles. The predicted octanol–water partition coefficient (Wildman–Crippen LogP) is 4.19. The fraction of sp³-hybridized carbons (Fsp3) is 1.00. The van der Waals surface area contributed by atoms with E-state index in [0.717, 1.165) is 38.9 Å². The SMILES string of the molecule is CC(C)(C)C(OC(C1CCCO1)C(C)(C)C)C1CCCO1. The molecular formula is C18H34O3. The van der Waals surface area contributed by atoms with Crippen molar-refractivity contribution in [2.45, 2.75) is 91.6 Å². The minimum atomic E-state index is 0.0805. The molecule has 0 radical (unpaired) electrons. The largest absolute Gasteiger partial charge is 0.375 e. The molecule has 21 heavy (non-hydrogen) atoms. The van der Waals surface area contributed by atoms with Crippen LogP contribution in [0.4, 0.5) is 0 Å². The monoisotopic (exact) mass is 298 g/mol. The molecule has 2 fully saturated rings. The molecule has 124 valence electrons. The molecular weight excluding hydrogens is 264 g/mol. The van der Waals surface area contributed by atoms with Crippen LogP contribution in [0.2, 0.25) is 0 Å². The zero-order valence-electron chi connectivity index (χ0n) is 14.8. The molecule has 2 rings (SSSR count). The summed E-state index contributed by atoms with van der Waals surface area (Å²) in [7, 11) is 0. The van der Waals surface area contributed by atoms with Gasteiger partial charge in [0.05, 0.1) is 24.4 Å². The Bertz CT molecular complexity index is 282. The van der Waals surface area contributed by atoms with Crippen molar-refractivity contribution in [3.8, 4) is 0 Å². The van der Waals surface area contributed by atoms with Gasteiger partial charge >= 0.3 is 0 Å². The molecule has 2 aliphatic rings. The van der Waals surface area contributed by atoms with Crippen LogP contribution in [0, 0.1) is 10.8 Å². The van der Waals surface area contributed by atoms with Crippen molar-refractivity contribution in [2.75, 3.05) is 13.2 Å². The number of hydrogen-bond donors (Lipinski definition) is 0. The van der Waals surface area contributed by atoms with Crippen LogP contribution in [-0.2, 0) is 14.2 Å². The maximum Gasteiger partial charge on any atom is 0.0890 e. The molecule has 0 aromatic heterocycles. The maximum absolute atomic E-state index is 6.70. The predicted molar refractivity (Wildman–Crippen MR) is 85.5 cm³/mol. The van der Waals surface area contributed by atoms with E-state index in [4.69, 9.17) is 14.2 Å². The lowest BCUT2D eigenvalue weighted by atomic mass is 9.81. The van der Waals surface area contributed by atoms with Crippen LogP contribution in [-0.4, -0.2) is 37.6 Å². The Labute approximate surface area is 130 Å². The second-order valence-corrected chi connectivity index (χ2v) is 8.81. The van der Waals surface area contributed by atoms with Gasteiger partial charge in [0.1, 0.15) is 0 Å². The van der Waals surface area contributed by atoms with Crippen molar-refractivity contribution in [2.24, 2.45) is 10.8 Å². The average molecular weight is 298 g/mol. The average Bonchev–Trinajstić information content (AvgIpc) is 2.96. The Kier molecular flexibility index (Phi) is 5.38. The Hall–Kier alpha value is -0.120. The van der Waals surface area contributed by atoms with E-state index in [0.29, 0.717) is 0 Å². The molecule has 0 saturated carbocycles. The minimum absolute atomic E-state index is 0.0805. The second kappa shape index (κ2) is 6.55. The van der Waals surface area contributed by atoms with Gasteiger partial charge in [0.25, 0.3) is 0 Å². The molecule has 2 saturated heterocycles.